The van der Waals surface area contributed by atoms with E-state index in [2.05, 4.69) is 12.2 Å². The number of hydrogen-bond acceptors (Lipinski definition) is 3. The van der Waals surface area contributed by atoms with Gasteiger partial charge in [0.05, 0.1) is 13.2 Å². The fourth-order valence-corrected chi connectivity index (χ4v) is 3.04. The Labute approximate surface area is 122 Å². The average molecular weight is 277 g/mol. The summed E-state index contributed by atoms with van der Waals surface area (Å²) in [6.45, 7) is 3.97. The molecule has 3 heteroatoms. The summed E-state index contributed by atoms with van der Waals surface area (Å²) >= 11 is 0. The van der Waals surface area contributed by atoms with Crippen molar-refractivity contribution in [1.29, 1.82) is 0 Å². The largest absolute Gasteiger partial charge is 0.497 e. The molecule has 0 bridgehead atoms. The van der Waals surface area contributed by atoms with Crippen LogP contribution in [-0.4, -0.2) is 25.3 Å². The predicted molar refractivity (Wildman–Crippen MR) is 82.0 cm³/mol. The van der Waals surface area contributed by atoms with Gasteiger partial charge in [-0.15, -0.1) is 0 Å². The Kier molecular flexibility index (Phi) is 5.44. The van der Waals surface area contributed by atoms with E-state index in [1.807, 2.05) is 24.3 Å². The molecule has 1 fully saturated rings. The smallest absolute Gasteiger partial charge is 0.118 e. The van der Waals surface area contributed by atoms with Gasteiger partial charge in [0.2, 0.25) is 0 Å². The molecule has 1 aliphatic rings. The maximum absolute atomic E-state index is 10.2. The molecule has 2 rings (SSSR count). The van der Waals surface area contributed by atoms with Crippen LogP contribution in [0.5, 0.6) is 5.75 Å². The molecule has 1 aromatic carbocycles. The van der Waals surface area contributed by atoms with Gasteiger partial charge in [0.25, 0.3) is 0 Å². The Morgan fingerprint density at radius 2 is 1.85 bits per heavy atom. The summed E-state index contributed by atoms with van der Waals surface area (Å²) in [4.78, 5) is 0. The molecule has 0 saturated heterocycles. The molecule has 20 heavy (non-hydrogen) atoms. The summed E-state index contributed by atoms with van der Waals surface area (Å²) in [6, 6.07) is 7.63. The lowest BCUT2D eigenvalue weighted by Crippen LogP contribution is -2.35. The van der Waals surface area contributed by atoms with Crippen LogP contribution in [-0.2, 0) is 0 Å². The van der Waals surface area contributed by atoms with Gasteiger partial charge in [0.1, 0.15) is 5.75 Å². The molecule has 2 N–H and O–H groups in total. The van der Waals surface area contributed by atoms with Crippen molar-refractivity contribution in [2.45, 2.75) is 45.1 Å². The zero-order chi connectivity index (χ0) is 14.4. The van der Waals surface area contributed by atoms with Crippen LogP contribution < -0.4 is 10.1 Å². The average Bonchev–Trinajstić information content (AvgIpc) is 2.48. The van der Waals surface area contributed by atoms with Gasteiger partial charge < -0.3 is 15.2 Å². The number of rotatable bonds is 6. The molecule has 3 nitrogen and oxygen atoms in total. The van der Waals surface area contributed by atoms with E-state index >= 15 is 0 Å². The minimum Gasteiger partial charge on any atom is -0.497 e. The first-order chi connectivity index (χ1) is 9.63. The Morgan fingerprint density at radius 3 is 2.45 bits per heavy atom. The number of hydrogen-bond donors (Lipinski definition) is 2. The second-order valence-corrected chi connectivity index (χ2v) is 6.29. The van der Waals surface area contributed by atoms with Gasteiger partial charge >= 0.3 is 0 Å². The van der Waals surface area contributed by atoms with Crippen molar-refractivity contribution in [3.63, 3.8) is 0 Å². The van der Waals surface area contributed by atoms with Crippen LogP contribution in [0.15, 0.2) is 24.3 Å². The van der Waals surface area contributed by atoms with Crippen molar-refractivity contribution in [2.75, 3.05) is 20.2 Å². The Balaban J connectivity index is 1.77. The molecule has 1 saturated carbocycles. The van der Waals surface area contributed by atoms with Gasteiger partial charge in [-0.3, -0.25) is 0 Å². The highest BCUT2D eigenvalue weighted by molar-refractivity contribution is 5.28. The Morgan fingerprint density at radius 1 is 1.20 bits per heavy atom. The zero-order valence-corrected chi connectivity index (χ0v) is 12.7. The predicted octanol–water partition coefficient (Wildman–Crippen LogP) is 3.29. The van der Waals surface area contributed by atoms with Crippen LogP contribution in [0, 0.1) is 5.41 Å². The van der Waals surface area contributed by atoms with Gasteiger partial charge in [-0.2, -0.15) is 0 Å². The van der Waals surface area contributed by atoms with Crippen molar-refractivity contribution >= 4 is 0 Å². The molecule has 1 aromatic rings. The third-order valence-corrected chi connectivity index (χ3v) is 4.45. The highest BCUT2D eigenvalue weighted by atomic mass is 16.5. The Hall–Kier alpha value is -1.06. The van der Waals surface area contributed by atoms with Crippen molar-refractivity contribution in [1.82, 2.24) is 5.32 Å². The molecule has 0 aliphatic heterocycles. The quantitative estimate of drug-likeness (QED) is 0.838. The second-order valence-electron chi connectivity index (χ2n) is 6.29. The van der Waals surface area contributed by atoms with Gasteiger partial charge in [0.15, 0.2) is 0 Å². The van der Waals surface area contributed by atoms with E-state index in [0.29, 0.717) is 12.0 Å². The first-order valence-corrected chi connectivity index (χ1v) is 7.66. The second kappa shape index (κ2) is 7.09. The van der Waals surface area contributed by atoms with E-state index in [0.717, 1.165) is 17.9 Å². The van der Waals surface area contributed by atoms with E-state index in [4.69, 9.17) is 4.74 Å². The van der Waals surface area contributed by atoms with Crippen LogP contribution in [0.2, 0.25) is 0 Å². The fraction of sp³-hybridized carbons (Fsp3) is 0.647. The monoisotopic (exact) mass is 277 g/mol. The van der Waals surface area contributed by atoms with Crippen LogP contribution >= 0.6 is 0 Å². The molecule has 0 heterocycles. The third kappa shape index (κ3) is 4.22. The topological polar surface area (TPSA) is 41.5 Å². The molecule has 0 spiro atoms. The van der Waals surface area contributed by atoms with Crippen LogP contribution in [0.1, 0.15) is 50.7 Å². The SMILES string of the molecule is COc1ccc(C(O)CNCC2(C)CCCCC2)cc1. The lowest BCUT2D eigenvalue weighted by molar-refractivity contribution is 0.155. The summed E-state index contributed by atoms with van der Waals surface area (Å²) in [6.07, 6.45) is 6.23. The minimum atomic E-state index is -0.451. The van der Waals surface area contributed by atoms with Gasteiger partial charge in [-0.05, 0) is 36.0 Å². The summed E-state index contributed by atoms with van der Waals surface area (Å²) in [5.41, 5.74) is 1.35. The highest BCUT2D eigenvalue weighted by Crippen LogP contribution is 2.35. The number of aliphatic hydroxyl groups is 1. The normalized spacial score (nSPS) is 19.6. The Bertz CT molecular complexity index is 396. The summed E-state index contributed by atoms with van der Waals surface area (Å²) < 4.78 is 5.13. The number of aliphatic hydroxyl groups excluding tert-OH is 1. The van der Waals surface area contributed by atoms with Crippen LogP contribution in [0.3, 0.4) is 0 Å². The highest BCUT2D eigenvalue weighted by Gasteiger charge is 2.26. The van der Waals surface area contributed by atoms with Crippen molar-refractivity contribution < 1.29 is 9.84 Å². The summed E-state index contributed by atoms with van der Waals surface area (Å²) in [5, 5.41) is 13.6. The number of methoxy groups -OCH3 is 1. The van der Waals surface area contributed by atoms with E-state index in [9.17, 15) is 5.11 Å². The molecule has 112 valence electrons. The maximum atomic E-state index is 10.2. The van der Waals surface area contributed by atoms with Gasteiger partial charge in [0, 0.05) is 13.1 Å². The first-order valence-electron chi connectivity index (χ1n) is 7.66. The van der Waals surface area contributed by atoms with E-state index in [1.165, 1.54) is 32.1 Å². The van der Waals surface area contributed by atoms with E-state index in [-0.39, 0.29) is 0 Å². The van der Waals surface area contributed by atoms with Crippen LogP contribution in [0.4, 0.5) is 0 Å². The molecule has 1 unspecified atom stereocenters. The standard InChI is InChI=1S/C17H27NO2/c1-17(10-4-3-5-11-17)13-18-12-16(19)14-6-8-15(20-2)9-7-14/h6-9,16,18-19H,3-5,10-13H2,1-2H3. The van der Waals surface area contributed by atoms with Crippen molar-refractivity contribution in [3.05, 3.63) is 29.8 Å². The zero-order valence-electron chi connectivity index (χ0n) is 12.7. The molecule has 0 aromatic heterocycles. The van der Waals surface area contributed by atoms with E-state index < -0.39 is 6.10 Å². The number of ether oxygens (including phenoxy) is 1. The molecule has 0 amide bonds. The third-order valence-electron chi connectivity index (χ3n) is 4.45. The fourth-order valence-electron chi connectivity index (χ4n) is 3.04. The molecule has 1 atom stereocenters. The van der Waals surface area contributed by atoms with Crippen molar-refractivity contribution in [2.24, 2.45) is 5.41 Å². The molecular formula is C17H27NO2. The number of benzene rings is 1. The minimum absolute atomic E-state index is 0.415. The summed E-state index contributed by atoms with van der Waals surface area (Å²) in [5.74, 6) is 0.823. The number of nitrogens with one attached hydrogen (secondary N) is 1. The molecular weight excluding hydrogens is 250 g/mol. The lowest BCUT2D eigenvalue weighted by atomic mass is 9.76. The van der Waals surface area contributed by atoms with Crippen LogP contribution in [0.25, 0.3) is 0 Å². The van der Waals surface area contributed by atoms with E-state index in [1.54, 1.807) is 7.11 Å². The lowest BCUT2D eigenvalue weighted by Gasteiger charge is -2.34. The molecule has 1 aliphatic carbocycles. The van der Waals surface area contributed by atoms with Gasteiger partial charge in [-0.25, -0.2) is 0 Å². The summed E-state index contributed by atoms with van der Waals surface area (Å²) in [7, 11) is 1.65. The van der Waals surface area contributed by atoms with Crippen molar-refractivity contribution in [3.8, 4) is 5.75 Å². The van der Waals surface area contributed by atoms with Gasteiger partial charge in [-0.1, -0.05) is 38.3 Å². The molecule has 0 radical (unpaired) electrons. The maximum Gasteiger partial charge on any atom is 0.118 e. The first kappa shape index (κ1) is 15.3.